The fourth-order valence-corrected chi connectivity index (χ4v) is 4.85. The van der Waals surface area contributed by atoms with Gasteiger partial charge in [-0.15, -0.1) is 0 Å². The van der Waals surface area contributed by atoms with Crippen molar-refractivity contribution in [3.8, 4) is 0 Å². The molecule has 1 aromatic carbocycles. The van der Waals surface area contributed by atoms with Gasteiger partial charge in [-0.2, -0.15) is 0 Å². The number of piperazine rings is 1. The number of nitrogens with zero attached hydrogens (tertiary/aromatic N) is 2. The van der Waals surface area contributed by atoms with Crippen molar-refractivity contribution in [3.05, 3.63) is 34.9 Å². The van der Waals surface area contributed by atoms with Gasteiger partial charge in [-0.3, -0.25) is 14.5 Å². The van der Waals surface area contributed by atoms with Gasteiger partial charge in [0.15, 0.2) is 0 Å². The van der Waals surface area contributed by atoms with Crippen molar-refractivity contribution in [2.75, 3.05) is 32.7 Å². The van der Waals surface area contributed by atoms with Gasteiger partial charge in [0.05, 0.1) is 16.6 Å². The van der Waals surface area contributed by atoms with Gasteiger partial charge in [0.25, 0.3) is 5.91 Å². The number of nitrogens with one attached hydrogen (secondary N) is 1. The Morgan fingerprint density at radius 1 is 1.04 bits per heavy atom. The van der Waals surface area contributed by atoms with E-state index in [1.807, 2.05) is 17.0 Å². The van der Waals surface area contributed by atoms with Gasteiger partial charge in [0.1, 0.15) is 0 Å². The van der Waals surface area contributed by atoms with Crippen molar-refractivity contribution in [3.63, 3.8) is 0 Å². The minimum absolute atomic E-state index is 0.0131. The van der Waals surface area contributed by atoms with Gasteiger partial charge < -0.3 is 10.2 Å². The number of carbonyl (C=O) groups excluding carboxylic acids is 2. The maximum atomic E-state index is 13.0. The third-order valence-electron chi connectivity index (χ3n) is 6.48. The van der Waals surface area contributed by atoms with Gasteiger partial charge in [-0.05, 0) is 49.7 Å². The van der Waals surface area contributed by atoms with Crippen molar-refractivity contribution in [1.82, 2.24) is 15.1 Å². The summed E-state index contributed by atoms with van der Waals surface area (Å²) < 4.78 is 0. The van der Waals surface area contributed by atoms with Gasteiger partial charge in [-0.25, -0.2) is 0 Å². The van der Waals surface area contributed by atoms with Crippen LogP contribution in [-0.2, 0) is 4.79 Å². The molecule has 2 saturated carbocycles. The van der Waals surface area contributed by atoms with E-state index in [1.165, 1.54) is 25.7 Å². The van der Waals surface area contributed by atoms with Crippen LogP contribution in [0.5, 0.6) is 0 Å². The average molecular weight is 404 g/mol. The maximum absolute atomic E-state index is 13.0. The fraction of sp³-hybridized carbons (Fsp3) is 0.636. The van der Waals surface area contributed by atoms with Crippen LogP contribution in [0.2, 0.25) is 5.02 Å². The standard InChI is InChI=1S/C22H30ClN3O2/c23-19-8-4-3-7-18(19)22(28)26-13-11-25(12-14-26)20(17-5-1-2-6-17)21(27)24-15-16-9-10-16/h3-4,7-8,16-17,20H,1-2,5-6,9-15H2,(H,24,27)/t20-/m1/s1. The lowest BCUT2D eigenvalue weighted by atomic mass is 9.95. The number of carbonyl (C=O) groups is 2. The number of hydrogen-bond donors (Lipinski definition) is 1. The summed E-state index contributed by atoms with van der Waals surface area (Å²) >= 11 is 6.20. The Bertz CT molecular complexity index is 707. The molecule has 1 saturated heterocycles. The van der Waals surface area contributed by atoms with Crippen LogP contribution in [-0.4, -0.2) is 60.4 Å². The minimum atomic E-state index is -0.0428. The summed E-state index contributed by atoms with van der Waals surface area (Å²) in [5, 5.41) is 3.71. The fourth-order valence-electron chi connectivity index (χ4n) is 4.63. The van der Waals surface area contributed by atoms with Crippen LogP contribution in [0.3, 0.4) is 0 Å². The molecule has 0 unspecified atom stereocenters. The molecule has 5 nitrogen and oxygen atoms in total. The molecule has 0 bridgehead atoms. The first kappa shape index (κ1) is 19.7. The highest BCUT2D eigenvalue weighted by molar-refractivity contribution is 6.33. The molecule has 1 aromatic rings. The zero-order valence-electron chi connectivity index (χ0n) is 16.4. The first-order chi connectivity index (χ1) is 13.6. The molecule has 4 rings (SSSR count). The van der Waals surface area contributed by atoms with Crippen molar-refractivity contribution >= 4 is 23.4 Å². The number of halogens is 1. The molecule has 0 radical (unpaired) electrons. The highest BCUT2D eigenvalue weighted by atomic mass is 35.5. The molecule has 6 heteroatoms. The van der Waals surface area contributed by atoms with Crippen LogP contribution in [0.15, 0.2) is 24.3 Å². The van der Waals surface area contributed by atoms with E-state index in [0.717, 1.165) is 32.5 Å². The molecule has 3 fully saturated rings. The Morgan fingerprint density at radius 3 is 2.36 bits per heavy atom. The normalized spacial score (nSPS) is 22.2. The van der Waals surface area contributed by atoms with E-state index >= 15 is 0 Å². The first-order valence-corrected chi connectivity index (χ1v) is 11.1. The maximum Gasteiger partial charge on any atom is 0.255 e. The first-order valence-electron chi connectivity index (χ1n) is 10.7. The van der Waals surface area contributed by atoms with Crippen molar-refractivity contribution in [2.24, 2.45) is 11.8 Å². The van der Waals surface area contributed by atoms with Crippen molar-refractivity contribution < 1.29 is 9.59 Å². The number of amides is 2. The molecule has 1 heterocycles. The van der Waals surface area contributed by atoms with E-state index in [1.54, 1.807) is 12.1 Å². The van der Waals surface area contributed by atoms with Crippen molar-refractivity contribution in [2.45, 2.75) is 44.6 Å². The zero-order valence-corrected chi connectivity index (χ0v) is 17.2. The lowest BCUT2D eigenvalue weighted by molar-refractivity contribution is -0.129. The SMILES string of the molecule is O=C(NCC1CC1)[C@@H](C1CCCC1)N1CCN(C(=O)c2ccccc2Cl)CC1. The second-order valence-corrected chi connectivity index (χ2v) is 8.89. The number of hydrogen-bond acceptors (Lipinski definition) is 3. The van der Waals surface area contributed by atoms with Crippen LogP contribution in [0.4, 0.5) is 0 Å². The largest absolute Gasteiger partial charge is 0.354 e. The van der Waals surface area contributed by atoms with E-state index in [0.29, 0.717) is 35.5 Å². The monoisotopic (exact) mass is 403 g/mol. The molecule has 28 heavy (non-hydrogen) atoms. The van der Waals surface area contributed by atoms with Gasteiger partial charge in [0.2, 0.25) is 5.91 Å². The van der Waals surface area contributed by atoms with Crippen LogP contribution >= 0.6 is 11.6 Å². The van der Waals surface area contributed by atoms with Gasteiger partial charge >= 0.3 is 0 Å². The van der Waals surface area contributed by atoms with E-state index < -0.39 is 0 Å². The molecule has 1 N–H and O–H groups in total. The Balaban J connectivity index is 1.38. The summed E-state index contributed by atoms with van der Waals surface area (Å²) in [5.41, 5.74) is 0.562. The van der Waals surface area contributed by atoms with Crippen molar-refractivity contribution in [1.29, 1.82) is 0 Å². The summed E-state index contributed by atoms with van der Waals surface area (Å²) in [7, 11) is 0. The van der Waals surface area contributed by atoms with E-state index in [-0.39, 0.29) is 17.9 Å². The molecule has 0 spiro atoms. The lowest BCUT2D eigenvalue weighted by Gasteiger charge is -2.40. The molecule has 0 aromatic heterocycles. The Kier molecular flexibility index (Phi) is 6.22. The Hall–Kier alpha value is -1.59. The minimum Gasteiger partial charge on any atom is -0.354 e. The smallest absolute Gasteiger partial charge is 0.255 e. The highest BCUT2D eigenvalue weighted by Gasteiger charge is 2.38. The topological polar surface area (TPSA) is 52.7 Å². The lowest BCUT2D eigenvalue weighted by Crippen LogP contribution is -2.58. The quantitative estimate of drug-likeness (QED) is 0.793. The Morgan fingerprint density at radius 2 is 1.71 bits per heavy atom. The predicted octanol–water partition coefficient (Wildman–Crippen LogP) is 3.18. The van der Waals surface area contributed by atoms with Gasteiger partial charge in [-0.1, -0.05) is 36.6 Å². The molecule has 1 atom stereocenters. The summed E-state index contributed by atoms with van der Waals surface area (Å²) in [4.78, 5) is 30.0. The van der Waals surface area contributed by atoms with E-state index in [9.17, 15) is 9.59 Å². The summed E-state index contributed by atoms with van der Waals surface area (Å²) in [5.74, 6) is 1.33. The van der Waals surface area contributed by atoms with Crippen LogP contribution < -0.4 is 5.32 Å². The highest BCUT2D eigenvalue weighted by Crippen LogP contribution is 2.32. The van der Waals surface area contributed by atoms with Gasteiger partial charge in [0, 0.05) is 32.7 Å². The second kappa shape index (κ2) is 8.83. The van der Waals surface area contributed by atoms with Crippen LogP contribution in [0.1, 0.15) is 48.9 Å². The molecular weight excluding hydrogens is 374 g/mol. The molecule has 152 valence electrons. The van der Waals surface area contributed by atoms with E-state index in [4.69, 9.17) is 11.6 Å². The summed E-state index contributed by atoms with van der Waals surface area (Å²) in [6.07, 6.45) is 7.22. The third-order valence-corrected chi connectivity index (χ3v) is 6.81. The molecule has 3 aliphatic rings. The molecular formula is C22H30ClN3O2. The average Bonchev–Trinajstić information content (AvgIpc) is 3.40. The number of rotatable bonds is 6. The summed E-state index contributed by atoms with van der Waals surface area (Å²) in [6.45, 7) is 3.60. The van der Waals surface area contributed by atoms with Crippen LogP contribution in [0, 0.1) is 11.8 Å². The van der Waals surface area contributed by atoms with Crippen LogP contribution in [0.25, 0.3) is 0 Å². The summed E-state index contributed by atoms with van der Waals surface area (Å²) in [6, 6.07) is 7.17. The number of benzene rings is 1. The predicted molar refractivity (Wildman–Crippen MR) is 110 cm³/mol. The van der Waals surface area contributed by atoms with E-state index in [2.05, 4.69) is 10.2 Å². The molecule has 1 aliphatic heterocycles. The molecule has 2 aliphatic carbocycles. The molecule has 2 amide bonds. The Labute approximate surface area is 172 Å². The zero-order chi connectivity index (χ0) is 19.5. The third kappa shape index (κ3) is 4.52. The second-order valence-electron chi connectivity index (χ2n) is 8.49.